The molecule has 24 heavy (non-hydrogen) atoms. The van der Waals surface area contributed by atoms with Crippen LogP contribution in [0.25, 0.3) is 0 Å². The fourth-order valence-corrected chi connectivity index (χ4v) is 3.59. The molecule has 0 unspecified atom stereocenters. The molecule has 0 saturated carbocycles. The Morgan fingerprint density at radius 2 is 1.96 bits per heavy atom. The number of carbonyl (C=O) groups is 3. The van der Waals surface area contributed by atoms with Crippen molar-refractivity contribution in [2.75, 3.05) is 32.7 Å². The Morgan fingerprint density at radius 1 is 1.21 bits per heavy atom. The number of piperidine rings is 2. The second-order valence-corrected chi connectivity index (χ2v) is 6.86. The fourth-order valence-electron chi connectivity index (χ4n) is 3.59. The van der Waals surface area contributed by atoms with Gasteiger partial charge in [0.25, 0.3) is 0 Å². The normalized spacial score (nSPS) is 22.4. The van der Waals surface area contributed by atoms with E-state index in [2.05, 4.69) is 10.6 Å². The van der Waals surface area contributed by atoms with E-state index in [1.807, 2.05) is 0 Å². The Kier molecular flexibility index (Phi) is 7.49. The number of amides is 2. The van der Waals surface area contributed by atoms with Crippen molar-refractivity contribution < 1.29 is 19.5 Å². The van der Waals surface area contributed by atoms with E-state index in [9.17, 15) is 14.4 Å². The van der Waals surface area contributed by atoms with E-state index in [0.29, 0.717) is 12.5 Å². The van der Waals surface area contributed by atoms with Crippen LogP contribution in [0.4, 0.5) is 0 Å². The lowest BCUT2D eigenvalue weighted by molar-refractivity contribution is -0.142. The number of rotatable bonds is 8. The highest BCUT2D eigenvalue weighted by atomic mass is 16.4. The van der Waals surface area contributed by atoms with Gasteiger partial charge in [0.05, 0.1) is 13.0 Å². The van der Waals surface area contributed by atoms with Crippen molar-refractivity contribution in [1.29, 1.82) is 0 Å². The molecule has 0 spiro atoms. The summed E-state index contributed by atoms with van der Waals surface area (Å²) in [5.41, 5.74) is 0. The summed E-state index contributed by atoms with van der Waals surface area (Å²) in [6.45, 7) is 2.92. The van der Waals surface area contributed by atoms with Gasteiger partial charge in [-0.15, -0.1) is 0 Å². The van der Waals surface area contributed by atoms with E-state index >= 15 is 0 Å². The van der Waals surface area contributed by atoms with Crippen LogP contribution in [-0.2, 0) is 14.4 Å². The van der Waals surface area contributed by atoms with Crippen LogP contribution in [0.2, 0.25) is 0 Å². The van der Waals surface area contributed by atoms with Crippen LogP contribution in [-0.4, -0.2) is 60.5 Å². The van der Waals surface area contributed by atoms with Crippen LogP contribution in [0, 0.1) is 11.8 Å². The van der Waals surface area contributed by atoms with E-state index < -0.39 is 5.97 Å². The lowest BCUT2D eigenvalue weighted by atomic mass is 9.86. The molecular formula is C17H29N3O4. The van der Waals surface area contributed by atoms with Crippen LogP contribution in [0.5, 0.6) is 0 Å². The van der Waals surface area contributed by atoms with E-state index in [-0.39, 0.29) is 37.2 Å². The Morgan fingerprint density at radius 3 is 2.67 bits per heavy atom. The quantitative estimate of drug-likeness (QED) is 0.601. The number of likely N-dealkylation sites (tertiary alicyclic amines) is 1. The molecule has 0 aliphatic carbocycles. The first-order chi connectivity index (χ1) is 11.6. The summed E-state index contributed by atoms with van der Waals surface area (Å²) in [5, 5.41) is 14.5. The second-order valence-electron chi connectivity index (χ2n) is 6.86. The minimum atomic E-state index is -0.942. The predicted octanol–water partition coefficient (Wildman–Crippen LogP) is 0.596. The van der Waals surface area contributed by atoms with Crippen LogP contribution in [0.3, 0.4) is 0 Å². The molecule has 1 atom stereocenters. The maximum atomic E-state index is 12.6. The second kappa shape index (κ2) is 9.61. The number of carboxylic acid groups (broad SMARTS) is 1. The third-order valence-corrected chi connectivity index (χ3v) is 5.02. The van der Waals surface area contributed by atoms with Crippen molar-refractivity contribution in [2.45, 2.75) is 44.9 Å². The number of aliphatic carboxylic acids is 1. The predicted molar refractivity (Wildman–Crippen MR) is 89.4 cm³/mol. The average molecular weight is 339 g/mol. The van der Waals surface area contributed by atoms with Crippen molar-refractivity contribution in [3.05, 3.63) is 0 Å². The molecule has 2 heterocycles. The maximum absolute atomic E-state index is 12.6. The van der Waals surface area contributed by atoms with Crippen LogP contribution in [0.1, 0.15) is 44.9 Å². The van der Waals surface area contributed by atoms with Gasteiger partial charge in [-0.05, 0) is 57.5 Å². The molecule has 136 valence electrons. The largest absolute Gasteiger partial charge is 0.481 e. The lowest BCUT2D eigenvalue weighted by Crippen LogP contribution is -2.46. The average Bonchev–Trinajstić information content (AvgIpc) is 2.56. The SMILES string of the molecule is O=C(O)CCNC(=O)CN1CCC[C@H](CCC2CCNCC2)C1=O. The summed E-state index contributed by atoms with van der Waals surface area (Å²) in [6, 6.07) is 0. The summed E-state index contributed by atoms with van der Waals surface area (Å²) < 4.78 is 0. The van der Waals surface area contributed by atoms with E-state index in [4.69, 9.17) is 5.11 Å². The minimum absolute atomic E-state index is 0.0421. The first-order valence-electron chi connectivity index (χ1n) is 9.04. The fraction of sp³-hybridized carbons (Fsp3) is 0.824. The molecule has 3 N–H and O–H groups in total. The number of hydrogen-bond acceptors (Lipinski definition) is 4. The number of hydrogen-bond donors (Lipinski definition) is 3. The summed E-state index contributed by atoms with van der Waals surface area (Å²) in [5.74, 6) is -0.372. The van der Waals surface area contributed by atoms with Crippen molar-refractivity contribution in [1.82, 2.24) is 15.5 Å². The molecule has 0 aromatic rings. The van der Waals surface area contributed by atoms with Gasteiger partial charge in [0.1, 0.15) is 0 Å². The standard InChI is InChI=1S/C17H29N3O4/c21-15(19-10-7-16(22)23)12-20-11-1-2-14(17(20)24)4-3-13-5-8-18-9-6-13/h13-14,18H,1-12H2,(H,19,21)(H,22,23)/t14-/m1/s1. The van der Waals surface area contributed by atoms with E-state index in [0.717, 1.165) is 38.8 Å². The highest BCUT2D eigenvalue weighted by molar-refractivity contribution is 5.86. The zero-order valence-corrected chi connectivity index (χ0v) is 14.3. The topological polar surface area (TPSA) is 98.7 Å². The van der Waals surface area contributed by atoms with Gasteiger partial charge in [0, 0.05) is 19.0 Å². The zero-order valence-electron chi connectivity index (χ0n) is 14.3. The number of carboxylic acids is 1. The lowest BCUT2D eigenvalue weighted by Gasteiger charge is -2.33. The smallest absolute Gasteiger partial charge is 0.305 e. The monoisotopic (exact) mass is 339 g/mol. The molecule has 2 aliphatic heterocycles. The molecule has 2 amide bonds. The van der Waals surface area contributed by atoms with Crippen molar-refractivity contribution in [2.24, 2.45) is 11.8 Å². The molecule has 7 nitrogen and oxygen atoms in total. The maximum Gasteiger partial charge on any atom is 0.305 e. The van der Waals surface area contributed by atoms with Gasteiger partial charge in [0.15, 0.2) is 0 Å². The van der Waals surface area contributed by atoms with Crippen LogP contribution in [0.15, 0.2) is 0 Å². The van der Waals surface area contributed by atoms with Crippen LogP contribution >= 0.6 is 0 Å². The molecule has 2 rings (SSSR count). The molecule has 2 saturated heterocycles. The van der Waals surface area contributed by atoms with Gasteiger partial charge in [-0.25, -0.2) is 0 Å². The molecule has 0 aromatic heterocycles. The van der Waals surface area contributed by atoms with Crippen molar-refractivity contribution >= 4 is 17.8 Å². The summed E-state index contributed by atoms with van der Waals surface area (Å²) in [6.07, 6.45) is 6.15. The summed E-state index contributed by atoms with van der Waals surface area (Å²) in [7, 11) is 0. The number of carbonyl (C=O) groups excluding carboxylic acids is 2. The third-order valence-electron chi connectivity index (χ3n) is 5.02. The Bertz CT molecular complexity index is 449. The molecule has 0 bridgehead atoms. The highest BCUT2D eigenvalue weighted by Crippen LogP contribution is 2.27. The summed E-state index contributed by atoms with van der Waals surface area (Å²) >= 11 is 0. The molecular weight excluding hydrogens is 310 g/mol. The van der Waals surface area contributed by atoms with Gasteiger partial charge >= 0.3 is 5.97 Å². The van der Waals surface area contributed by atoms with Crippen molar-refractivity contribution in [3.8, 4) is 0 Å². The van der Waals surface area contributed by atoms with Gasteiger partial charge in [-0.1, -0.05) is 0 Å². The van der Waals surface area contributed by atoms with Crippen LogP contribution < -0.4 is 10.6 Å². The van der Waals surface area contributed by atoms with Gasteiger partial charge < -0.3 is 20.6 Å². The number of nitrogens with one attached hydrogen (secondary N) is 2. The molecule has 2 fully saturated rings. The van der Waals surface area contributed by atoms with Crippen molar-refractivity contribution in [3.63, 3.8) is 0 Å². The third kappa shape index (κ3) is 6.11. The highest BCUT2D eigenvalue weighted by Gasteiger charge is 2.30. The molecule has 0 aromatic carbocycles. The Hall–Kier alpha value is -1.63. The van der Waals surface area contributed by atoms with Gasteiger partial charge in [-0.3, -0.25) is 14.4 Å². The Labute approximate surface area is 143 Å². The molecule has 0 radical (unpaired) electrons. The van der Waals surface area contributed by atoms with Gasteiger partial charge in [0.2, 0.25) is 11.8 Å². The zero-order chi connectivity index (χ0) is 17.4. The molecule has 2 aliphatic rings. The first-order valence-corrected chi connectivity index (χ1v) is 9.04. The summed E-state index contributed by atoms with van der Waals surface area (Å²) in [4.78, 5) is 36.5. The first kappa shape index (κ1) is 18.7. The molecule has 7 heteroatoms. The minimum Gasteiger partial charge on any atom is -0.481 e. The Balaban J connectivity index is 1.72. The number of nitrogens with zero attached hydrogens (tertiary/aromatic N) is 1. The van der Waals surface area contributed by atoms with E-state index in [1.54, 1.807) is 4.90 Å². The van der Waals surface area contributed by atoms with Gasteiger partial charge in [-0.2, -0.15) is 0 Å². The van der Waals surface area contributed by atoms with E-state index in [1.165, 1.54) is 12.8 Å².